The van der Waals surface area contributed by atoms with E-state index in [1.54, 1.807) is 18.9 Å². The van der Waals surface area contributed by atoms with Crippen LogP contribution in [0.3, 0.4) is 0 Å². The molecule has 27 heavy (non-hydrogen) atoms. The zero-order valence-corrected chi connectivity index (χ0v) is 16.3. The van der Waals surface area contributed by atoms with Crippen molar-refractivity contribution in [3.8, 4) is 5.75 Å². The first kappa shape index (κ1) is 20.5. The van der Waals surface area contributed by atoms with Crippen molar-refractivity contribution in [2.24, 2.45) is 0 Å². The van der Waals surface area contributed by atoms with Gasteiger partial charge in [-0.15, -0.1) is 0 Å². The van der Waals surface area contributed by atoms with Gasteiger partial charge in [0.2, 0.25) is 11.8 Å². The van der Waals surface area contributed by atoms with Crippen LogP contribution < -0.4 is 10.1 Å². The van der Waals surface area contributed by atoms with Gasteiger partial charge in [-0.3, -0.25) is 9.59 Å². The summed E-state index contributed by atoms with van der Waals surface area (Å²) in [6.07, 6.45) is 1.18. The topological polar surface area (TPSA) is 58.6 Å². The first-order chi connectivity index (χ1) is 13.1. The molecule has 0 aliphatic carbocycles. The number of nitrogens with one attached hydrogen (secondary N) is 1. The van der Waals surface area contributed by atoms with Gasteiger partial charge in [-0.25, -0.2) is 0 Å². The number of benzene rings is 2. The highest BCUT2D eigenvalue weighted by molar-refractivity contribution is 5.87. The van der Waals surface area contributed by atoms with E-state index in [1.165, 1.54) is 0 Å². The van der Waals surface area contributed by atoms with Gasteiger partial charge in [0, 0.05) is 25.1 Å². The van der Waals surface area contributed by atoms with E-state index >= 15 is 0 Å². The summed E-state index contributed by atoms with van der Waals surface area (Å²) in [4.78, 5) is 27.0. The molecular formula is C22H28N2O3. The molecule has 0 saturated carbocycles. The Morgan fingerprint density at radius 1 is 1.07 bits per heavy atom. The van der Waals surface area contributed by atoms with Gasteiger partial charge in [-0.05, 0) is 25.0 Å². The maximum absolute atomic E-state index is 12.7. The van der Waals surface area contributed by atoms with E-state index in [-0.39, 0.29) is 11.8 Å². The Bertz CT molecular complexity index is 746. The molecule has 0 fully saturated rings. The van der Waals surface area contributed by atoms with E-state index in [9.17, 15) is 9.59 Å². The van der Waals surface area contributed by atoms with E-state index < -0.39 is 6.04 Å². The van der Waals surface area contributed by atoms with Crippen LogP contribution in [-0.2, 0) is 22.7 Å². The number of nitrogens with zero attached hydrogens (tertiary/aromatic N) is 1. The molecule has 1 atom stereocenters. The molecule has 2 aromatic rings. The number of para-hydroxylation sites is 1. The van der Waals surface area contributed by atoms with Gasteiger partial charge in [-0.1, -0.05) is 55.5 Å². The number of carbonyl (C=O) groups excluding carboxylic acids is 2. The second-order valence-electron chi connectivity index (χ2n) is 6.46. The fraction of sp³-hybridized carbons (Fsp3) is 0.364. The van der Waals surface area contributed by atoms with Crippen LogP contribution in [0.1, 0.15) is 37.8 Å². The first-order valence-electron chi connectivity index (χ1n) is 9.29. The molecule has 0 heterocycles. The third kappa shape index (κ3) is 5.84. The van der Waals surface area contributed by atoms with Crippen molar-refractivity contribution in [1.82, 2.24) is 10.2 Å². The number of rotatable bonds is 9. The predicted octanol–water partition coefficient (Wildman–Crippen LogP) is 3.53. The summed E-state index contributed by atoms with van der Waals surface area (Å²) in [5.74, 6) is 0.538. The van der Waals surface area contributed by atoms with Crippen LogP contribution in [0.4, 0.5) is 0 Å². The lowest BCUT2D eigenvalue weighted by Crippen LogP contribution is -2.47. The predicted molar refractivity (Wildman–Crippen MR) is 106 cm³/mol. The van der Waals surface area contributed by atoms with Gasteiger partial charge in [0.1, 0.15) is 11.8 Å². The summed E-state index contributed by atoms with van der Waals surface area (Å²) in [5.41, 5.74) is 1.90. The average molecular weight is 368 g/mol. The van der Waals surface area contributed by atoms with Gasteiger partial charge in [-0.2, -0.15) is 0 Å². The van der Waals surface area contributed by atoms with Gasteiger partial charge in [0.05, 0.1) is 7.11 Å². The molecule has 2 rings (SSSR count). The molecule has 1 unspecified atom stereocenters. The number of ether oxygens (including phenoxy) is 1. The second-order valence-corrected chi connectivity index (χ2v) is 6.46. The maximum Gasteiger partial charge on any atom is 0.242 e. The first-order valence-corrected chi connectivity index (χ1v) is 9.29. The molecule has 0 aliphatic heterocycles. The summed E-state index contributed by atoms with van der Waals surface area (Å²) >= 11 is 0. The fourth-order valence-corrected chi connectivity index (χ4v) is 2.90. The SMILES string of the molecule is CCCC(=O)N(Cc1ccccc1)C(C)C(=O)NCc1ccccc1OC. The lowest BCUT2D eigenvalue weighted by Gasteiger charge is -2.29. The molecule has 5 nitrogen and oxygen atoms in total. The van der Waals surface area contributed by atoms with Crippen LogP contribution in [0.25, 0.3) is 0 Å². The summed E-state index contributed by atoms with van der Waals surface area (Å²) in [7, 11) is 1.61. The maximum atomic E-state index is 12.7. The van der Waals surface area contributed by atoms with Crippen LogP contribution >= 0.6 is 0 Å². The highest BCUT2D eigenvalue weighted by atomic mass is 16.5. The molecule has 2 aromatic carbocycles. The minimum absolute atomic E-state index is 0.0127. The van der Waals surface area contributed by atoms with Crippen LogP contribution in [-0.4, -0.2) is 29.9 Å². The van der Waals surface area contributed by atoms with Gasteiger partial charge < -0.3 is 15.0 Å². The van der Waals surface area contributed by atoms with Crippen molar-refractivity contribution in [3.05, 3.63) is 65.7 Å². The zero-order valence-electron chi connectivity index (χ0n) is 16.3. The molecule has 0 aromatic heterocycles. The third-order valence-corrected chi connectivity index (χ3v) is 4.47. The second kappa shape index (κ2) is 10.4. The van der Waals surface area contributed by atoms with Crippen LogP contribution in [0.5, 0.6) is 5.75 Å². The molecule has 144 valence electrons. The van der Waals surface area contributed by atoms with Crippen molar-refractivity contribution < 1.29 is 14.3 Å². The largest absolute Gasteiger partial charge is 0.496 e. The normalized spacial score (nSPS) is 11.5. The Balaban J connectivity index is 2.07. The smallest absolute Gasteiger partial charge is 0.242 e. The van der Waals surface area contributed by atoms with Crippen molar-refractivity contribution in [2.75, 3.05) is 7.11 Å². The quantitative estimate of drug-likeness (QED) is 0.737. The van der Waals surface area contributed by atoms with Crippen LogP contribution in [0, 0.1) is 0 Å². The van der Waals surface area contributed by atoms with E-state index in [2.05, 4.69) is 5.32 Å². The van der Waals surface area contributed by atoms with Crippen molar-refractivity contribution in [1.29, 1.82) is 0 Å². The molecule has 0 saturated heterocycles. The van der Waals surface area contributed by atoms with Crippen LogP contribution in [0.2, 0.25) is 0 Å². The number of hydrogen-bond acceptors (Lipinski definition) is 3. The molecule has 0 bridgehead atoms. The van der Waals surface area contributed by atoms with E-state index in [1.807, 2.05) is 61.5 Å². The fourth-order valence-electron chi connectivity index (χ4n) is 2.90. The summed E-state index contributed by atoms with van der Waals surface area (Å²) in [5, 5.41) is 2.92. The lowest BCUT2D eigenvalue weighted by molar-refractivity contribution is -0.140. The molecule has 5 heteroatoms. The van der Waals surface area contributed by atoms with Gasteiger partial charge >= 0.3 is 0 Å². The Morgan fingerprint density at radius 2 is 1.74 bits per heavy atom. The van der Waals surface area contributed by atoms with Gasteiger partial charge in [0.15, 0.2) is 0 Å². The number of carbonyl (C=O) groups is 2. The summed E-state index contributed by atoms with van der Waals surface area (Å²) in [6.45, 7) is 4.51. The van der Waals surface area contributed by atoms with Crippen molar-refractivity contribution in [2.45, 2.75) is 45.8 Å². The third-order valence-electron chi connectivity index (χ3n) is 4.47. The highest BCUT2D eigenvalue weighted by Crippen LogP contribution is 2.17. The summed E-state index contributed by atoms with van der Waals surface area (Å²) in [6, 6.07) is 16.7. The Kier molecular flexibility index (Phi) is 7.86. The average Bonchev–Trinajstić information content (AvgIpc) is 2.70. The Labute approximate surface area is 161 Å². The molecule has 2 amide bonds. The molecule has 0 aliphatic rings. The monoisotopic (exact) mass is 368 g/mol. The van der Waals surface area contributed by atoms with E-state index in [0.717, 1.165) is 23.3 Å². The Hall–Kier alpha value is -2.82. The Morgan fingerprint density at radius 3 is 2.41 bits per heavy atom. The minimum atomic E-state index is -0.557. The summed E-state index contributed by atoms with van der Waals surface area (Å²) < 4.78 is 5.32. The molecule has 0 spiro atoms. The minimum Gasteiger partial charge on any atom is -0.496 e. The standard InChI is InChI=1S/C22H28N2O3/c1-4-10-21(25)24(16-18-11-6-5-7-12-18)17(2)22(26)23-15-19-13-8-9-14-20(19)27-3/h5-9,11-14,17H,4,10,15-16H2,1-3H3,(H,23,26). The molecule has 0 radical (unpaired) electrons. The number of amides is 2. The zero-order chi connectivity index (χ0) is 19.6. The molecule has 1 N–H and O–H groups in total. The van der Waals surface area contributed by atoms with Gasteiger partial charge in [0.25, 0.3) is 0 Å². The van der Waals surface area contributed by atoms with E-state index in [4.69, 9.17) is 4.74 Å². The van der Waals surface area contributed by atoms with Crippen LogP contribution in [0.15, 0.2) is 54.6 Å². The number of methoxy groups -OCH3 is 1. The lowest BCUT2D eigenvalue weighted by atomic mass is 10.1. The highest BCUT2D eigenvalue weighted by Gasteiger charge is 2.25. The van der Waals surface area contributed by atoms with Crippen molar-refractivity contribution >= 4 is 11.8 Å². The number of hydrogen-bond donors (Lipinski definition) is 1. The van der Waals surface area contributed by atoms with E-state index in [0.29, 0.717) is 19.5 Å². The molecular weight excluding hydrogens is 340 g/mol. The van der Waals surface area contributed by atoms with Crippen molar-refractivity contribution in [3.63, 3.8) is 0 Å².